The van der Waals surface area contributed by atoms with Gasteiger partial charge in [-0.2, -0.15) is 4.98 Å². The Kier molecular flexibility index (Phi) is 10.9. The third kappa shape index (κ3) is 7.38. The summed E-state index contributed by atoms with van der Waals surface area (Å²) >= 11 is 3.59. The molecule has 2 rings (SSSR count). The van der Waals surface area contributed by atoms with Crippen LogP contribution in [0.15, 0.2) is 38.3 Å². The molecule has 9 heteroatoms. The first-order valence-corrected chi connectivity index (χ1v) is 9.51. The molecule has 1 aromatic carbocycles. The molecule has 2 aromatic rings. The second-order valence-electron chi connectivity index (χ2n) is 5.76. The van der Waals surface area contributed by atoms with Crippen LogP contribution in [0.25, 0.3) is 0 Å². The van der Waals surface area contributed by atoms with E-state index in [1.54, 1.807) is 0 Å². The molecule has 0 fully saturated rings. The Morgan fingerprint density at radius 3 is 2.78 bits per heavy atom. The zero-order chi connectivity index (χ0) is 18.9. The van der Waals surface area contributed by atoms with E-state index in [4.69, 9.17) is 9.26 Å². The maximum atomic E-state index is 5.48. The van der Waals surface area contributed by atoms with Gasteiger partial charge in [0.1, 0.15) is 12.6 Å². The molecule has 0 amide bonds. The summed E-state index contributed by atoms with van der Waals surface area (Å²) in [5.74, 6) is 1.79. The number of hydrogen-bond acceptors (Lipinski definition) is 5. The third-order valence-electron chi connectivity index (χ3n) is 3.69. The summed E-state index contributed by atoms with van der Waals surface area (Å²) in [5, 5.41) is 7.25. The number of hydrogen-bond donors (Lipinski definition) is 1. The van der Waals surface area contributed by atoms with Crippen LogP contribution in [0.5, 0.6) is 0 Å². The smallest absolute Gasteiger partial charge is 0.248 e. The van der Waals surface area contributed by atoms with Gasteiger partial charge >= 0.3 is 0 Å². The summed E-state index contributed by atoms with van der Waals surface area (Å²) in [7, 11) is 2.00. The number of benzene rings is 1. The summed E-state index contributed by atoms with van der Waals surface area (Å²) in [6.07, 6.45) is -0.187. The Labute approximate surface area is 186 Å². The predicted molar refractivity (Wildman–Crippen MR) is 120 cm³/mol. The second kappa shape index (κ2) is 12.3. The molecule has 150 valence electrons. The number of nitrogens with zero attached hydrogens (tertiary/aromatic N) is 4. The second-order valence-corrected chi connectivity index (χ2v) is 6.62. The lowest BCUT2D eigenvalue weighted by Gasteiger charge is -2.22. The van der Waals surface area contributed by atoms with Gasteiger partial charge in [-0.15, -0.1) is 24.0 Å². The van der Waals surface area contributed by atoms with Crippen molar-refractivity contribution in [3.63, 3.8) is 0 Å². The lowest BCUT2D eigenvalue weighted by molar-refractivity contribution is 0.0683. The van der Waals surface area contributed by atoms with Crippen LogP contribution in [0.2, 0.25) is 0 Å². The van der Waals surface area contributed by atoms with Gasteiger partial charge in [0.15, 0.2) is 11.8 Å². The van der Waals surface area contributed by atoms with E-state index in [0.717, 1.165) is 23.5 Å². The molecule has 1 heterocycles. The molecule has 0 spiro atoms. The maximum absolute atomic E-state index is 5.48. The van der Waals surface area contributed by atoms with Gasteiger partial charge in [-0.25, -0.2) is 4.99 Å². The number of aromatic nitrogens is 2. The van der Waals surface area contributed by atoms with Crippen molar-refractivity contribution in [1.29, 1.82) is 0 Å². The zero-order valence-electron chi connectivity index (χ0n) is 16.1. The van der Waals surface area contributed by atoms with Gasteiger partial charge < -0.3 is 19.5 Å². The number of halogens is 2. The standard InChI is InChI=1S/C18H26BrN5O2.HI/c1-5-20-18(24(4)12-14-9-7-8-10-15(14)19)21-11-16-22-17(23-26-16)13(3)25-6-2;/h7-10,13H,5-6,11-12H2,1-4H3,(H,20,21);1H. The van der Waals surface area contributed by atoms with Crippen LogP contribution in [-0.4, -0.2) is 41.2 Å². The molecule has 0 radical (unpaired) electrons. The molecule has 0 aliphatic heterocycles. The molecular weight excluding hydrogens is 525 g/mol. The normalized spacial score (nSPS) is 12.4. The molecule has 7 nitrogen and oxygen atoms in total. The van der Waals surface area contributed by atoms with Crippen LogP contribution < -0.4 is 5.32 Å². The van der Waals surface area contributed by atoms with Crippen LogP contribution in [0, 0.1) is 0 Å². The van der Waals surface area contributed by atoms with Crippen LogP contribution in [0.3, 0.4) is 0 Å². The van der Waals surface area contributed by atoms with Crippen molar-refractivity contribution < 1.29 is 9.26 Å². The predicted octanol–water partition coefficient (Wildman–Crippen LogP) is 4.15. The van der Waals surface area contributed by atoms with Gasteiger partial charge in [-0.3, -0.25) is 0 Å². The lowest BCUT2D eigenvalue weighted by Crippen LogP contribution is -2.38. The van der Waals surface area contributed by atoms with Crippen molar-refractivity contribution in [2.24, 2.45) is 4.99 Å². The fourth-order valence-electron chi connectivity index (χ4n) is 2.39. The number of aliphatic imine (C=N–C) groups is 1. The van der Waals surface area contributed by atoms with E-state index >= 15 is 0 Å². The van der Waals surface area contributed by atoms with Crippen molar-refractivity contribution in [1.82, 2.24) is 20.4 Å². The fourth-order valence-corrected chi connectivity index (χ4v) is 2.80. The molecule has 0 saturated heterocycles. The first kappa shape index (κ1) is 23.8. The van der Waals surface area contributed by atoms with Crippen LogP contribution >= 0.6 is 39.9 Å². The Bertz CT molecular complexity index is 725. The average molecular weight is 552 g/mol. The molecule has 0 aliphatic rings. The SMILES string of the molecule is CCNC(=NCc1nc(C(C)OCC)no1)N(C)Cc1ccccc1Br.I. The van der Waals surface area contributed by atoms with Gasteiger partial charge in [0, 0.05) is 31.2 Å². The number of guanidine groups is 1. The molecule has 0 aliphatic carbocycles. The minimum absolute atomic E-state index is 0. The minimum Gasteiger partial charge on any atom is -0.371 e. The van der Waals surface area contributed by atoms with Crippen molar-refractivity contribution >= 4 is 45.9 Å². The van der Waals surface area contributed by atoms with E-state index in [9.17, 15) is 0 Å². The van der Waals surface area contributed by atoms with Crippen molar-refractivity contribution in [2.45, 2.75) is 40.0 Å². The summed E-state index contributed by atoms with van der Waals surface area (Å²) < 4.78 is 11.8. The third-order valence-corrected chi connectivity index (χ3v) is 4.46. The molecule has 27 heavy (non-hydrogen) atoms. The van der Waals surface area contributed by atoms with Gasteiger partial charge in [0.05, 0.1) is 0 Å². The maximum Gasteiger partial charge on any atom is 0.248 e. The molecule has 0 bridgehead atoms. The van der Waals surface area contributed by atoms with Gasteiger partial charge in [0.25, 0.3) is 0 Å². The Hall–Kier alpha value is -1.20. The fraction of sp³-hybridized carbons (Fsp3) is 0.500. The first-order valence-electron chi connectivity index (χ1n) is 8.72. The Morgan fingerprint density at radius 1 is 1.37 bits per heavy atom. The number of rotatable bonds is 8. The largest absolute Gasteiger partial charge is 0.371 e. The van der Waals surface area contributed by atoms with E-state index in [2.05, 4.69) is 47.3 Å². The van der Waals surface area contributed by atoms with Crippen molar-refractivity contribution in [3.8, 4) is 0 Å². The van der Waals surface area contributed by atoms with Crippen LogP contribution in [-0.2, 0) is 17.8 Å². The highest BCUT2D eigenvalue weighted by molar-refractivity contribution is 14.0. The average Bonchev–Trinajstić information content (AvgIpc) is 3.10. The minimum atomic E-state index is -0.187. The monoisotopic (exact) mass is 551 g/mol. The zero-order valence-corrected chi connectivity index (χ0v) is 20.0. The topological polar surface area (TPSA) is 75.8 Å². The van der Waals surface area contributed by atoms with Gasteiger partial charge in [-0.1, -0.05) is 39.3 Å². The quantitative estimate of drug-likeness (QED) is 0.302. The van der Waals surface area contributed by atoms with E-state index in [0.29, 0.717) is 24.9 Å². The highest BCUT2D eigenvalue weighted by Gasteiger charge is 2.14. The number of nitrogens with one attached hydrogen (secondary N) is 1. The van der Waals surface area contributed by atoms with E-state index in [-0.39, 0.29) is 30.1 Å². The Morgan fingerprint density at radius 2 is 2.11 bits per heavy atom. The molecule has 1 atom stereocenters. The number of ether oxygens (including phenoxy) is 1. The van der Waals surface area contributed by atoms with Crippen molar-refractivity contribution in [3.05, 3.63) is 46.0 Å². The Balaban J connectivity index is 0.00000364. The van der Waals surface area contributed by atoms with E-state index in [1.165, 1.54) is 5.56 Å². The summed E-state index contributed by atoms with van der Waals surface area (Å²) in [6, 6.07) is 8.15. The molecular formula is C18H27BrIN5O2. The summed E-state index contributed by atoms with van der Waals surface area (Å²) in [6.45, 7) is 8.29. The molecule has 1 aromatic heterocycles. The van der Waals surface area contributed by atoms with Crippen LogP contribution in [0.1, 0.15) is 44.2 Å². The van der Waals surface area contributed by atoms with Gasteiger partial charge in [0.2, 0.25) is 5.89 Å². The van der Waals surface area contributed by atoms with Crippen molar-refractivity contribution in [2.75, 3.05) is 20.2 Å². The lowest BCUT2D eigenvalue weighted by atomic mass is 10.2. The first-order chi connectivity index (χ1) is 12.5. The summed E-state index contributed by atoms with van der Waals surface area (Å²) in [4.78, 5) is 11.0. The summed E-state index contributed by atoms with van der Waals surface area (Å²) in [5.41, 5.74) is 1.19. The highest BCUT2D eigenvalue weighted by atomic mass is 127. The van der Waals surface area contributed by atoms with E-state index in [1.807, 2.05) is 46.0 Å². The van der Waals surface area contributed by atoms with Gasteiger partial charge in [-0.05, 0) is 32.4 Å². The van der Waals surface area contributed by atoms with E-state index < -0.39 is 0 Å². The highest BCUT2D eigenvalue weighted by Crippen LogP contribution is 2.17. The molecule has 1 unspecified atom stereocenters. The molecule has 1 N–H and O–H groups in total. The molecule has 0 saturated carbocycles. The van der Waals surface area contributed by atoms with Crippen LogP contribution in [0.4, 0.5) is 0 Å².